The number of benzene rings is 3. The van der Waals surface area contributed by atoms with Gasteiger partial charge in [-0.2, -0.15) is 13.5 Å². The summed E-state index contributed by atoms with van der Waals surface area (Å²) >= 11 is 0.287. The molecule has 0 amide bonds. The SMILES string of the molecule is O=C(O)c1c(O)c(/N=N/c2ccc(S(=O)(=O)CCOSOOO)cc2)cc(/N=N/c2ccc(S(=O)(=O)CCOSOOO)cc2S(=O)(=O)O)c1O. The molecular formula is C23H22N4O19S5. The lowest BCUT2D eigenvalue weighted by molar-refractivity contribution is -0.434. The van der Waals surface area contributed by atoms with E-state index in [-0.39, 0.29) is 41.8 Å². The number of hydrogen-bond donors (Lipinski definition) is 6. The fraction of sp³-hybridized carbons (Fsp3) is 0.174. The van der Waals surface area contributed by atoms with E-state index in [2.05, 4.69) is 43.4 Å². The van der Waals surface area contributed by atoms with Gasteiger partial charge >= 0.3 is 5.97 Å². The van der Waals surface area contributed by atoms with E-state index in [9.17, 15) is 49.9 Å². The zero-order chi connectivity index (χ0) is 37.8. The van der Waals surface area contributed by atoms with E-state index in [1.54, 1.807) is 0 Å². The molecule has 51 heavy (non-hydrogen) atoms. The van der Waals surface area contributed by atoms with Crippen molar-refractivity contribution in [2.45, 2.75) is 14.7 Å². The lowest BCUT2D eigenvalue weighted by atomic mass is 10.1. The van der Waals surface area contributed by atoms with E-state index in [0.717, 1.165) is 30.3 Å². The minimum atomic E-state index is -5.17. The van der Waals surface area contributed by atoms with Gasteiger partial charge < -0.3 is 15.3 Å². The third-order valence-corrected chi connectivity index (χ3v) is 10.8. The summed E-state index contributed by atoms with van der Waals surface area (Å²) in [7, 11) is -13.3. The van der Waals surface area contributed by atoms with E-state index in [1.165, 1.54) is 12.1 Å². The highest BCUT2D eigenvalue weighted by atomic mass is 32.2. The second kappa shape index (κ2) is 18.6. The molecule has 0 unspecified atom stereocenters. The molecule has 0 heterocycles. The van der Waals surface area contributed by atoms with Gasteiger partial charge in [0.15, 0.2) is 55.8 Å². The second-order valence-corrected chi connectivity index (χ2v) is 15.6. The molecule has 0 saturated carbocycles. The van der Waals surface area contributed by atoms with Crippen LogP contribution in [0, 0.1) is 0 Å². The molecule has 278 valence electrons. The maximum absolute atomic E-state index is 12.6. The van der Waals surface area contributed by atoms with Crippen molar-refractivity contribution < 1.29 is 87.5 Å². The van der Waals surface area contributed by atoms with Gasteiger partial charge in [0.05, 0.1) is 40.2 Å². The van der Waals surface area contributed by atoms with Crippen LogP contribution in [0.15, 0.2) is 83.7 Å². The van der Waals surface area contributed by atoms with Crippen molar-refractivity contribution in [3.63, 3.8) is 0 Å². The van der Waals surface area contributed by atoms with Gasteiger partial charge in [0.25, 0.3) is 10.1 Å². The highest BCUT2D eigenvalue weighted by Crippen LogP contribution is 2.44. The number of aromatic carboxylic acids is 1. The summed E-state index contributed by atoms with van der Waals surface area (Å²) < 4.78 is 101. The zero-order valence-corrected chi connectivity index (χ0v) is 28.9. The highest BCUT2D eigenvalue weighted by Gasteiger charge is 2.25. The minimum Gasteiger partial charge on any atom is -0.505 e. The summed E-state index contributed by atoms with van der Waals surface area (Å²) in [5.41, 5.74) is -3.10. The average molecular weight is 819 g/mol. The number of hydrogen-bond acceptors (Lipinski definition) is 23. The average Bonchev–Trinajstić information content (AvgIpc) is 3.07. The van der Waals surface area contributed by atoms with Crippen LogP contribution in [-0.2, 0) is 56.9 Å². The largest absolute Gasteiger partial charge is 0.505 e. The van der Waals surface area contributed by atoms with E-state index < -0.39 is 97.8 Å². The summed E-state index contributed by atoms with van der Waals surface area (Å²) in [6.45, 7) is -0.864. The molecule has 23 nitrogen and oxygen atoms in total. The fourth-order valence-corrected chi connectivity index (χ4v) is 7.13. The topological polar surface area (TPSA) is 346 Å². The van der Waals surface area contributed by atoms with Gasteiger partial charge in [-0.15, -0.1) is 24.0 Å². The van der Waals surface area contributed by atoms with Crippen LogP contribution >= 0.6 is 24.6 Å². The Labute approximate surface area is 295 Å². The molecule has 0 aliphatic heterocycles. The van der Waals surface area contributed by atoms with Crippen molar-refractivity contribution in [2.24, 2.45) is 20.5 Å². The van der Waals surface area contributed by atoms with Gasteiger partial charge in [-0.1, -0.05) is 10.1 Å². The Morgan fingerprint density at radius 1 is 0.667 bits per heavy atom. The van der Waals surface area contributed by atoms with Gasteiger partial charge in [0, 0.05) is 6.07 Å². The molecule has 28 heteroatoms. The molecule has 3 aromatic rings. The first-order chi connectivity index (χ1) is 24.0. The molecule has 6 N–H and O–H groups in total. The Balaban J connectivity index is 1.92. The predicted molar refractivity (Wildman–Crippen MR) is 169 cm³/mol. The molecule has 0 radical (unpaired) electrons. The number of azo groups is 2. The molecule has 0 saturated heterocycles. The first-order valence-corrected chi connectivity index (χ1v) is 18.9. The van der Waals surface area contributed by atoms with Crippen molar-refractivity contribution >= 4 is 83.2 Å². The van der Waals surface area contributed by atoms with E-state index in [1.807, 2.05) is 0 Å². The first-order valence-electron chi connectivity index (χ1n) is 12.9. The van der Waals surface area contributed by atoms with Gasteiger partial charge in [0.2, 0.25) is 0 Å². The maximum atomic E-state index is 12.6. The van der Waals surface area contributed by atoms with Crippen LogP contribution in [0.4, 0.5) is 22.7 Å². The lowest BCUT2D eigenvalue weighted by Crippen LogP contribution is -2.12. The molecule has 0 aliphatic rings. The van der Waals surface area contributed by atoms with Crippen LogP contribution in [0.5, 0.6) is 11.5 Å². The monoisotopic (exact) mass is 818 g/mol. The number of carbonyl (C=O) groups is 1. The van der Waals surface area contributed by atoms with E-state index in [4.69, 9.17) is 14.7 Å². The first kappa shape index (κ1) is 41.5. The third kappa shape index (κ3) is 11.8. The molecule has 0 fully saturated rings. The maximum Gasteiger partial charge on any atom is 0.343 e. The van der Waals surface area contributed by atoms with Gasteiger partial charge in [0.1, 0.15) is 27.5 Å². The zero-order valence-electron chi connectivity index (χ0n) is 24.8. The van der Waals surface area contributed by atoms with Gasteiger partial charge in [-0.25, -0.2) is 32.1 Å². The van der Waals surface area contributed by atoms with Crippen molar-refractivity contribution in [1.29, 1.82) is 0 Å². The third-order valence-electron chi connectivity index (χ3n) is 5.83. The molecule has 0 aromatic heterocycles. The van der Waals surface area contributed by atoms with E-state index >= 15 is 0 Å². The molecule has 0 atom stereocenters. The molecule has 0 bridgehead atoms. The summed E-state index contributed by atoms with van der Waals surface area (Å²) in [4.78, 5) is 10.0. The molecular weight excluding hydrogens is 797 g/mol. The standard InChI is InChI=1S/C23H22N4O19S5/c28-21-17(26-24-13-1-3-14(4-2-13)49(34,35)9-7-41-47-45-43-32)12-18(22(29)20(21)23(30)31)27-25-16-6-5-15(11-19(16)51(38,39)40)50(36,37)10-8-42-48-46-44-33/h1-6,11-12,28-29,32-33H,7-10H2,(H,30,31)(H,38,39,40)/b26-24+,27-25+. The van der Waals surface area contributed by atoms with Crippen LogP contribution in [0.3, 0.4) is 0 Å². The van der Waals surface area contributed by atoms with Crippen LogP contribution in [0.2, 0.25) is 0 Å². The summed E-state index contributed by atoms with van der Waals surface area (Å²) in [6.07, 6.45) is 0. The van der Waals surface area contributed by atoms with Crippen LogP contribution < -0.4 is 0 Å². The number of aromatic hydroxyl groups is 2. The second-order valence-electron chi connectivity index (χ2n) is 8.99. The molecule has 0 spiro atoms. The Kier molecular flexibility index (Phi) is 15.1. The predicted octanol–water partition coefficient (Wildman–Crippen LogP) is 4.42. The Morgan fingerprint density at radius 3 is 1.63 bits per heavy atom. The van der Waals surface area contributed by atoms with Gasteiger partial charge in [-0.3, -0.25) is 12.9 Å². The lowest BCUT2D eigenvalue weighted by Gasteiger charge is -2.09. The molecule has 3 rings (SSSR count). The normalized spacial score (nSPS) is 12.6. The quantitative estimate of drug-likeness (QED) is 0.0229. The molecule has 3 aromatic carbocycles. The number of phenols is 2. The smallest absolute Gasteiger partial charge is 0.343 e. The number of nitrogens with zero attached hydrogens (tertiary/aromatic N) is 4. The van der Waals surface area contributed by atoms with Crippen LogP contribution in [-0.4, -0.2) is 86.3 Å². The van der Waals surface area contributed by atoms with Crippen molar-refractivity contribution in [2.75, 3.05) is 24.7 Å². The summed E-state index contributed by atoms with van der Waals surface area (Å²) in [5.74, 6) is -5.32. The van der Waals surface area contributed by atoms with E-state index in [0.29, 0.717) is 6.07 Å². The van der Waals surface area contributed by atoms with Crippen molar-refractivity contribution in [1.82, 2.24) is 0 Å². The molecule has 0 aliphatic carbocycles. The van der Waals surface area contributed by atoms with Gasteiger partial charge in [-0.05, 0) is 42.5 Å². The minimum absolute atomic E-state index is 0.00689. The van der Waals surface area contributed by atoms with Crippen molar-refractivity contribution in [3.8, 4) is 11.5 Å². The van der Waals surface area contributed by atoms with Crippen LogP contribution in [0.25, 0.3) is 0 Å². The van der Waals surface area contributed by atoms with Crippen molar-refractivity contribution in [3.05, 3.63) is 54.1 Å². The number of rotatable bonds is 20. The summed E-state index contributed by atoms with van der Waals surface area (Å²) in [5, 5.41) is 67.9. The Hall–Kier alpha value is -3.88. The number of carboxylic acids is 1. The number of carboxylic acid groups (broad SMARTS) is 1. The fourth-order valence-electron chi connectivity index (χ4n) is 3.56. The Morgan fingerprint density at radius 2 is 1.14 bits per heavy atom. The highest BCUT2D eigenvalue weighted by molar-refractivity contribution is 7.92. The Bertz CT molecular complexity index is 2100. The van der Waals surface area contributed by atoms with Crippen LogP contribution in [0.1, 0.15) is 10.4 Å². The number of sulfone groups is 2. The summed E-state index contributed by atoms with van der Waals surface area (Å²) in [6, 6.07) is 7.78.